The smallest absolute Gasteiger partial charge is 0.254 e. The number of aryl methyl sites for hydroxylation is 1. The summed E-state index contributed by atoms with van der Waals surface area (Å²) in [5.74, 6) is -2.84. The molecule has 1 unspecified atom stereocenters. The molecule has 3 aliphatic rings. The van der Waals surface area contributed by atoms with Gasteiger partial charge >= 0.3 is 0 Å². The third-order valence-corrected chi connectivity index (χ3v) is 9.22. The second-order valence-corrected chi connectivity index (χ2v) is 12.0. The monoisotopic (exact) mass is 581 g/mol. The highest BCUT2D eigenvalue weighted by atomic mass is 35.5. The fourth-order valence-corrected chi connectivity index (χ4v) is 6.75. The van der Waals surface area contributed by atoms with Gasteiger partial charge in [-0.25, -0.2) is 13.2 Å². The lowest BCUT2D eigenvalue weighted by atomic mass is 9.77. The number of carbonyl (C=O) groups is 2. The molecule has 9 heteroatoms. The summed E-state index contributed by atoms with van der Waals surface area (Å²) in [6.45, 7) is 3.64. The number of likely N-dealkylation sites (tertiary alicyclic amines) is 2. The summed E-state index contributed by atoms with van der Waals surface area (Å²) in [7, 11) is 0. The first-order valence-corrected chi connectivity index (χ1v) is 14.4. The summed E-state index contributed by atoms with van der Waals surface area (Å²) in [5.41, 5.74) is 3.28. The summed E-state index contributed by atoms with van der Waals surface area (Å²) in [6, 6.07) is 13.3. The van der Waals surface area contributed by atoms with Crippen LogP contribution in [0.3, 0.4) is 0 Å². The fraction of sp³-hybridized carbons (Fsp3) is 0.375. The maximum Gasteiger partial charge on any atom is 0.254 e. The third kappa shape index (κ3) is 5.72. The highest BCUT2D eigenvalue weighted by Crippen LogP contribution is 2.41. The molecule has 1 aliphatic carbocycles. The van der Waals surface area contributed by atoms with E-state index in [0.29, 0.717) is 31.6 Å². The average Bonchev–Trinajstić information content (AvgIpc) is 3.57. The van der Waals surface area contributed by atoms with Crippen LogP contribution in [-0.2, 0) is 13.0 Å². The van der Waals surface area contributed by atoms with E-state index in [9.17, 15) is 22.8 Å². The van der Waals surface area contributed by atoms with E-state index in [1.165, 1.54) is 30.3 Å². The Labute approximate surface area is 242 Å². The van der Waals surface area contributed by atoms with Gasteiger partial charge in [0.1, 0.15) is 5.82 Å². The van der Waals surface area contributed by atoms with Crippen LogP contribution in [0, 0.1) is 22.9 Å². The van der Waals surface area contributed by atoms with Gasteiger partial charge in [0.15, 0.2) is 11.6 Å². The molecule has 3 aromatic carbocycles. The molecule has 2 heterocycles. The van der Waals surface area contributed by atoms with E-state index in [4.69, 9.17) is 11.6 Å². The maximum absolute atomic E-state index is 14.2. The number of halogens is 4. The van der Waals surface area contributed by atoms with Crippen molar-refractivity contribution in [2.45, 2.75) is 44.7 Å². The predicted octanol–water partition coefficient (Wildman–Crippen LogP) is 6.30. The van der Waals surface area contributed by atoms with Crippen LogP contribution >= 0.6 is 11.6 Å². The van der Waals surface area contributed by atoms with Gasteiger partial charge < -0.3 is 10.2 Å². The van der Waals surface area contributed by atoms with E-state index in [1.54, 1.807) is 6.07 Å². The lowest BCUT2D eigenvalue weighted by molar-refractivity contribution is 0.0713. The molecule has 3 aromatic rings. The molecule has 2 amide bonds. The van der Waals surface area contributed by atoms with Crippen LogP contribution in [-0.4, -0.2) is 47.8 Å². The summed E-state index contributed by atoms with van der Waals surface area (Å²) < 4.78 is 41.1. The Morgan fingerprint density at radius 1 is 0.902 bits per heavy atom. The Morgan fingerprint density at radius 2 is 1.66 bits per heavy atom. The summed E-state index contributed by atoms with van der Waals surface area (Å²) >= 11 is 5.97. The van der Waals surface area contributed by atoms with Crippen LogP contribution in [0.25, 0.3) is 0 Å². The minimum absolute atomic E-state index is 0.0215. The zero-order chi connectivity index (χ0) is 28.7. The first-order valence-electron chi connectivity index (χ1n) is 14.0. The Bertz CT molecular complexity index is 1510. The van der Waals surface area contributed by atoms with Crippen LogP contribution < -0.4 is 5.32 Å². The van der Waals surface area contributed by atoms with Gasteiger partial charge in [-0.3, -0.25) is 14.5 Å². The van der Waals surface area contributed by atoms with Crippen molar-refractivity contribution in [1.29, 1.82) is 0 Å². The molecule has 2 fully saturated rings. The molecule has 2 saturated heterocycles. The van der Waals surface area contributed by atoms with Crippen molar-refractivity contribution in [3.8, 4) is 0 Å². The number of amides is 2. The van der Waals surface area contributed by atoms with Crippen molar-refractivity contribution in [1.82, 2.24) is 15.1 Å². The summed E-state index contributed by atoms with van der Waals surface area (Å²) in [4.78, 5) is 30.6. The molecule has 1 N–H and O–H groups in total. The molecule has 41 heavy (non-hydrogen) atoms. The zero-order valence-corrected chi connectivity index (χ0v) is 23.3. The molecule has 1 atom stereocenters. The number of nitrogens with zero attached hydrogens (tertiary/aromatic N) is 2. The molecule has 1 spiro atoms. The standard InChI is InChI=1S/C32H31ClF3N3O2/c33-23-5-7-26(34)25(17-23)30(40)37-29-8-4-21-2-3-22(16-24(21)29)31(41)39-14-11-32(19-39)9-12-38(13-10-32)18-20-1-6-27(35)28(36)15-20/h1-3,5-7,15-17,29H,4,8-14,18-19H2,(H,37,40). The van der Waals surface area contributed by atoms with Gasteiger partial charge in [-0.15, -0.1) is 0 Å². The lowest BCUT2D eigenvalue weighted by Crippen LogP contribution is -2.42. The summed E-state index contributed by atoms with van der Waals surface area (Å²) in [6.07, 6.45) is 4.26. The van der Waals surface area contributed by atoms with Gasteiger partial charge in [0, 0.05) is 30.2 Å². The Hall–Kier alpha value is -3.36. The molecule has 214 valence electrons. The van der Waals surface area contributed by atoms with Crippen molar-refractivity contribution in [3.63, 3.8) is 0 Å². The fourth-order valence-electron chi connectivity index (χ4n) is 6.57. The Balaban J connectivity index is 1.08. The van der Waals surface area contributed by atoms with Crippen molar-refractivity contribution >= 4 is 23.4 Å². The van der Waals surface area contributed by atoms with Crippen LogP contribution in [0.1, 0.15) is 69.1 Å². The average molecular weight is 582 g/mol. The highest BCUT2D eigenvalue weighted by Gasteiger charge is 2.42. The summed E-state index contributed by atoms with van der Waals surface area (Å²) in [5, 5.41) is 3.21. The highest BCUT2D eigenvalue weighted by molar-refractivity contribution is 6.31. The lowest BCUT2D eigenvalue weighted by Gasteiger charge is -2.39. The molecular weight excluding hydrogens is 551 g/mol. The molecule has 0 aromatic heterocycles. The van der Waals surface area contributed by atoms with Gasteiger partial charge in [-0.05, 0) is 110 Å². The van der Waals surface area contributed by atoms with E-state index in [2.05, 4.69) is 10.2 Å². The van der Waals surface area contributed by atoms with Gasteiger partial charge in [0.05, 0.1) is 11.6 Å². The number of rotatable bonds is 5. The second kappa shape index (κ2) is 11.1. The van der Waals surface area contributed by atoms with Crippen molar-refractivity contribution < 1.29 is 22.8 Å². The number of fused-ring (bicyclic) bond motifs is 1. The molecule has 6 rings (SSSR count). The SMILES string of the molecule is O=C(NC1CCc2ccc(C(=O)N3CCC4(CCN(Cc5ccc(F)c(F)c5)CC4)C3)cc21)c1cc(Cl)ccc1F. The van der Waals surface area contributed by atoms with Crippen LogP contribution in [0.4, 0.5) is 13.2 Å². The van der Waals surface area contributed by atoms with E-state index < -0.39 is 23.4 Å². The number of piperidine rings is 1. The largest absolute Gasteiger partial charge is 0.345 e. The number of hydrogen-bond donors (Lipinski definition) is 1. The minimum Gasteiger partial charge on any atom is -0.345 e. The van der Waals surface area contributed by atoms with Crippen LogP contribution in [0.2, 0.25) is 5.02 Å². The molecular formula is C32H31ClF3N3O2. The van der Waals surface area contributed by atoms with Crippen molar-refractivity contribution in [2.24, 2.45) is 5.41 Å². The zero-order valence-electron chi connectivity index (χ0n) is 22.6. The maximum atomic E-state index is 14.2. The van der Waals surface area contributed by atoms with Crippen LogP contribution in [0.15, 0.2) is 54.6 Å². The first-order chi connectivity index (χ1) is 19.7. The van der Waals surface area contributed by atoms with Crippen molar-refractivity contribution in [2.75, 3.05) is 26.2 Å². The van der Waals surface area contributed by atoms with Gasteiger partial charge in [0.2, 0.25) is 0 Å². The van der Waals surface area contributed by atoms with E-state index in [0.717, 1.165) is 55.5 Å². The molecule has 2 aliphatic heterocycles. The van der Waals surface area contributed by atoms with Gasteiger partial charge in [-0.1, -0.05) is 23.7 Å². The van der Waals surface area contributed by atoms with Gasteiger partial charge in [0.25, 0.3) is 11.8 Å². The second-order valence-electron chi connectivity index (χ2n) is 11.6. The van der Waals surface area contributed by atoms with E-state index in [-0.39, 0.29) is 28.0 Å². The third-order valence-electron chi connectivity index (χ3n) is 8.98. The number of carbonyl (C=O) groups excluding carboxylic acids is 2. The molecule has 0 radical (unpaired) electrons. The molecule has 0 saturated carbocycles. The number of nitrogens with one attached hydrogen (secondary N) is 1. The minimum atomic E-state index is -0.835. The normalized spacial score (nSPS) is 19.9. The predicted molar refractivity (Wildman–Crippen MR) is 150 cm³/mol. The topological polar surface area (TPSA) is 52.7 Å². The van der Waals surface area contributed by atoms with Crippen molar-refractivity contribution in [3.05, 3.63) is 105 Å². The van der Waals surface area contributed by atoms with Crippen LogP contribution in [0.5, 0.6) is 0 Å². The Morgan fingerprint density at radius 3 is 2.44 bits per heavy atom. The number of hydrogen-bond acceptors (Lipinski definition) is 3. The van der Waals surface area contributed by atoms with E-state index >= 15 is 0 Å². The first kappa shape index (κ1) is 27.8. The van der Waals surface area contributed by atoms with Gasteiger partial charge in [-0.2, -0.15) is 0 Å². The quantitative estimate of drug-likeness (QED) is 0.385. The molecule has 0 bridgehead atoms. The Kier molecular flexibility index (Phi) is 7.55. The number of benzene rings is 3. The van der Waals surface area contributed by atoms with E-state index in [1.807, 2.05) is 23.1 Å². The molecule has 5 nitrogen and oxygen atoms in total.